The van der Waals surface area contributed by atoms with E-state index in [1.165, 1.54) is 38.5 Å². The van der Waals surface area contributed by atoms with Gasteiger partial charge in [-0.1, -0.05) is 25.7 Å². The van der Waals surface area contributed by atoms with Crippen LogP contribution in [0, 0.1) is 0 Å². The Morgan fingerprint density at radius 1 is 1.14 bits per heavy atom. The third-order valence-electron chi connectivity index (χ3n) is 3.91. The zero-order valence-corrected chi connectivity index (χ0v) is 9.17. The highest BCUT2D eigenvalue weighted by molar-refractivity contribution is 4.92. The summed E-state index contributed by atoms with van der Waals surface area (Å²) in [7, 11) is 0. The number of hydrogen-bond donors (Lipinski definition) is 1. The molecule has 0 spiro atoms. The summed E-state index contributed by atoms with van der Waals surface area (Å²) < 4.78 is 6.17. The Morgan fingerprint density at radius 2 is 1.71 bits per heavy atom. The molecule has 2 heteroatoms. The second-order valence-electron chi connectivity index (χ2n) is 4.97. The molecule has 2 nitrogen and oxygen atoms in total. The second kappa shape index (κ2) is 4.19. The van der Waals surface area contributed by atoms with E-state index in [1.807, 2.05) is 6.92 Å². The van der Waals surface area contributed by atoms with E-state index in [4.69, 9.17) is 4.74 Å². The molecule has 1 unspecified atom stereocenters. The smallest absolute Gasteiger partial charge is 0.0941 e. The Bertz CT molecular complexity index is 177. The van der Waals surface area contributed by atoms with Crippen molar-refractivity contribution in [1.29, 1.82) is 0 Å². The van der Waals surface area contributed by atoms with Gasteiger partial charge in [-0.05, 0) is 32.6 Å². The summed E-state index contributed by atoms with van der Waals surface area (Å²) >= 11 is 0. The summed E-state index contributed by atoms with van der Waals surface area (Å²) in [6.45, 7) is 1.89. The molecule has 2 aliphatic carbocycles. The molecule has 2 saturated carbocycles. The number of aliphatic hydroxyl groups is 1. The Morgan fingerprint density at radius 3 is 2.21 bits per heavy atom. The molecular weight excluding hydrogens is 176 g/mol. The van der Waals surface area contributed by atoms with Crippen LogP contribution in [0.5, 0.6) is 0 Å². The van der Waals surface area contributed by atoms with Crippen LogP contribution in [-0.4, -0.2) is 22.9 Å². The summed E-state index contributed by atoms with van der Waals surface area (Å²) in [5.74, 6) is 0. The molecule has 14 heavy (non-hydrogen) atoms. The Labute approximate surface area is 86.6 Å². The van der Waals surface area contributed by atoms with Gasteiger partial charge >= 0.3 is 0 Å². The predicted molar refractivity (Wildman–Crippen MR) is 56.2 cm³/mol. The van der Waals surface area contributed by atoms with E-state index in [1.54, 1.807) is 0 Å². The van der Waals surface area contributed by atoms with Gasteiger partial charge in [0.1, 0.15) is 0 Å². The normalized spacial score (nSPS) is 29.6. The van der Waals surface area contributed by atoms with Crippen LogP contribution in [0.4, 0.5) is 0 Å². The van der Waals surface area contributed by atoms with E-state index in [0.717, 1.165) is 12.8 Å². The van der Waals surface area contributed by atoms with Gasteiger partial charge < -0.3 is 9.84 Å². The SMILES string of the molecule is CC(O)C1(OC2CCCC2)CCCC1. The van der Waals surface area contributed by atoms with Crippen molar-refractivity contribution in [2.75, 3.05) is 0 Å². The molecule has 0 aromatic carbocycles. The molecule has 2 fully saturated rings. The zero-order valence-electron chi connectivity index (χ0n) is 9.17. The van der Waals surface area contributed by atoms with Crippen molar-refractivity contribution in [2.45, 2.75) is 76.1 Å². The Kier molecular flexibility index (Phi) is 3.13. The lowest BCUT2D eigenvalue weighted by molar-refractivity contribution is -0.145. The summed E-state index contributed by atoms with van der Waals surface area (Å²) in [5, 5.41) is 9.84. The van der Waals surface area contributed by atoms with Gasteiger partial charge in [0.15, 0.2) is 0 Å². The van der Waals surface area contributed by atoms with E-state index in [2.05, 4.69) is 0 Å². The molecular formula is C12H22O2. The largest absolute Gasteiger partial charge is 0.390 e. The first kappa shape index (κ1) is 10.4. The summed E-state index contributed by atoms with van der Waals surface area (Å²) in [4.78, 5) is 0. The molecule has 1 atom stereocenters. The first-order valence-electron chi connectivity index (χ1n) is 6.09. The van der Waals surface area contributed by atoms with Gasteiger partial charge in [-0.3, -0.25) is 0 Å². The molecule has 0 aromatic heterocycles. The molecule has 2 aliphatic rings. The molecule has 0 aliphatic heterocycles. The molecule has 0 aromatic rings. The van der Waals surface area contributed by atoms with E-state index in [0.29, 0.717) is 6.10 Å². The van der Waals surface area contributed by atoms with Gasteiger partial charge in [0.05, 0.1) is 17.8 Å². The van der Waals surface area contributed by atoms with Crippen LogP contribution < -0.4 is 0 Å². The molecule has 1 N–H and O–H groups in total. The summed E-state index contributed by atoms with van der Waals surface area (Å²) in [6, 6.07) is 0. The third-order valence-corrected chi connectivity index (χ3v) is 3.91. The molecule has 2 rings (SSSR count). The van der Waals surface area contributed by atoms with Crippen LogP contribution in [0.2, 0.25) is 0 Å². The minimum atomic E-state index is -0.300. The van der Waals surface area contributed by atoms with Crippen molar-refractivity contribution in [2.24, 2.45) is 0 Å². The van der Waals surface area contributed by atoms with Gasteiger partial charge in [-0.2, -0.15) is 0 Å². The second-order valence-corrected chi connectivity index (χ2v) is 4.97. The lowest BCUT2D eigenvalue weighted by Crippen LogP contribution is -2.43. The number of hydrogen-bond acceptors (Lipinski definition) is 2. The minimum absolute atomic E-state index is 0.186. The van der Waals surface area contributed by atoms with Crippen LogP contribution in [-0.2, 0) is 4.74 Å². The lowest BCUT2D eigenvalue weighted by atomic mass is 9.95. The fourth-order valence-electron chi connectivity index (χ4n) is 2.95. The molecule has 82 valence electrons. The Hall–Kier alpha value is -0.0800. The monoisotopic (exact) mass is 198 g/mol. The van der Waals surface area contributed by atoms with E-state index >= 15 is 0 Å². The van der Waals surface area contributed by atoms with Gasteiger partial charge in [-0.15, -0.1) is 0 Å². The van der Waals surface area contributed by atoms with Crippen LogP contribution in [0.15, 0.2) is 0 Å². The molecule has 0 bridgehead atoms. The van der Waals surface area contributed by atoms with Crippen LogP contribution >= 0.6 is 0 Å². The molecule has 0 amide bonds. The highest BCUT2D eigenvalue weighted by Gasteiger charge is 2.41. The number of aliphatic hydroxyl groups excluding tert-OH is 1. The highest BCUT2D eigenvalue weighted by Crippen LogP contribution is 2.39. The minimum Gasteiger partial charge on any atom is -0.390 e. The van der Waals surface area contributed by atoms with E-state index in [-0.39, 0.29) is 11.7 Å². The van der Waals surface area contributed by atoms with Crippen molar-refractivity contribution in [3.63, 3.8) is 0 Å². The number of rotatable bonds is 3. The topological polar surface area (TPSA) is 29.5 Å². The number of ether oxygens (including phenoxy) is 1. The maximum absolute atomic E-state index is 9.84. The molecule has 0 heterocycles. The van der Waals surface area contributed by atoms with Crippen molar-refractivity contribution < 1.29 is 9.84 Å². The lowest BCUT2D eigenvalue weighted by Gasteiger charge is -2.35. The fourth-order valence-corrected chi connectivity index (χ4v) is 2.95. The zero-order chi connectivity index (χ0) is 10.0. The van der Waals surface area contributed by atoms with Gasteiger partial charge in [0, 0.05) is 0 Å². The first-order chi connectivity index (χ1) is 6.73. The van der Waals surface area contributed by atoms with Crippen LogP contribution in [0.1, 0.15) is 58.3 Å². The molecule has 0 saturated heterocycles. The van der Waals surface area contributed by atoms with E-state index in [9.17, 15) is 5.11 Å². The van der Waals surface area contributed by atoms with Gasteiger partial charge in [-0.25, -0.2) is 0 Å². The van der Waals surface area contributed by atoms with Crippen LogP contribution in [0.25, 0.3) is 0 Å². The maximum atomic E-state index is 9.84. The van der Waals surface area contributed by atoms with Gasteiger partial charge in [0.25, 0.3) is 0 Å². The van der Waals surface area contributed by atoms with Gasteiger partial charge in [0.2, 0.25) is 0 Å². The molecule has 0 radical (unpaired) electrons. The average Bonchev–Trinajstić information content (AvgIpc) is 2.76. The van der Waals surface area contributed by atoms with E-state index < -0.39 is 0 Å². The quantitative estimate of drug-likeness (QED) is 0.755. The van der Waals surface area contributed by atoms with Crippen molar-refractivity contribution in [3.8, 4) is 0 Å². The van der Waals surface area contributed by atoms with Crippen molar-refractivity contribution >= 4 is 0 Å². The third kappa shape index (κ3) is 1.96. The maximum Gasteiger partial charge on any atom is 0.0941 e. The predicted octanol–water partition coefficient (Wildman–Crippen LogP) is 2.64. The van der Waals surface area contributed by atoms with Crippen LogP contribution in [0.3, 0.4) is 0 Å². The summed E-state index contributed by atoms with van der Waals surface area (Å²) in [5.41, 5.74) is -0.186. The fraction of sp³-hybridized carbons (Fsp3) is 1.00. The summed E-state index contributed by atoms with van der Waals surface area (Å²) in [6.07, 6.45) is 9.70. The Balaban J connectivity index is 1.96. The highest BCUT2D eigenvalue weighted by atomic mass is 16.5. The van der Waals surface area contributed by atoms with Crippen molar-refractivity contribution in [3.05, 3.63) is 0 Å². The van der Waals surface area contributed by atoms with Crippen molar-refractivity contribution in [1.82, 2.24) is 0 Å². The first-order valence-corrected chi connectivity index (χ1v) is 6.09. The standard InChI is InChI=1S/C12H22O2/c1-10(13)12(8-4-5-9-12)14-11-6-2-3-7-11/h10-11,13H,2-9H2,1H3. The average molecular weight is 198 g/mol.